The average molecular weight is 432 g/mol. The molecular weight excluding hydrogens is 410 g/mol. The molecule has 2 aromatic carbocycles. The summed E-state index contributed by atoms with van der Waals surface area (Å²) in [5.41, 5.74) is 7.71. The van der Waals surface area contributed by atoms with Crippen LogP contribution in [0.5, 0.6) is 0 Å². The van der Waals surface area contributed by atoms with E-state index in [0.29, 0.717) is 16.5 Å². The maximum absolute atomic E-state index is 12.5. The van der Waals surface area contributed by atoms with Crippen LogP contribution in [0.15, 0.2) is 58.6 Å². The second-order valence-electron chi connectivity index (χ2n) is 6.55. The van der Waals surface area contributed by atoms with E-state index in [1.165, 1.54) is 31.9 Å². The van der Waals surface area contributed by atoms with Crippen molar-refractivity contribution in [2.24, 2.45) is 5.73 Å². The van der Waals surface area contributed by atoms with Gasteiger partial charge in [-0.25, -0.2) is 12.7 Å². The number of nitrogens with zero attached hydrogens (tertiary/aromatic N) is 4. The molecule has 2 N–H and O–H groups in total. The Balaban J connectivity index is 2.17. The van der Waals surface area contributed by atoms with Crippen molar-refractivity contribution < 1.29 is 13.2 Å². The number of aromatic nitrogens is 3. The summed E-state index contributed by atoms with van der Waals surface area (Å²) in [6.07, 6.45) is 0. The maximum Gasteiger partial charge on any atom is 0.242 e. The highest BCUT2D eigenvalue weighted by molar-refractivity contribution is 7.99. The molecule has 0 saturated carbocycles. The molecule has 10 heteroatoms. The van der Waals surface area contributed by atoms with Gasteiger partial charge in [-0.05, 0) is 36.8 Å². The standard InChI is InChI=1S/C19H21N5O3S2/c1-13-6-4-8-15(10-13)24-18(21-22-19(24)28-12-17(20)25)14-7-5-9-16(11-14)29(26,27)23(2)3/h4-11H,12H2,1-3H3,(H2,20,25). The fraction of sp³-hybridized carbons (Fsp3) is 0.211. The summed E-state index contributed by atoms with van der Waals surface area (Å²) in [6.45, 7) is 1.97. The molecule has 0 bridgehead atoms. The Morgan fingerprint density at radius 1 is 1.14 bits per heavy atom. The van der Waals surface area contributed by atoms with Crippen molar-refractivity contribution >= 4 is 27.7 Å². The van der Waals surface area contributed by atoms with Gasteiger partial charge in [0.1, 0.15) is 0 Å². The molecule has 3 aromatic rings. The Morgan fingerprint density at radius 2 is 1.86 bits per heavy atom. The monoisotopic (exact) mass is 431 g/mol. The highest BCUT2D eigenvalue weighted by atomic mass is 32.2. The topological polar surface area (TPSA) is 111 Å². The molecule has 0 saturated heterocycles. The number of carbonyl (C=O) groups excluding carboxylic acids is 1. The third-order valence-electron chi connectivity index (χ3n) is 4.11. The summed E-state index contributed by atoms with van der Waals surface area (Å²) < 4.78 is 28.0. The van der Waals surface area contributed by atoms with Crippen molar-refractivity contribution in [2.75, 3.05) is 19.8 Å². The Labute approximate surface area is 173 Å². The van der Waals surface area contributed by atoms with Crippen molar-refractivity contribution in [2.45, 2.75) is 17.0 Å². The first kappa shape index (κ1) is 21.0. The Kier molecular flexibility index (Phi) is 6.06. The zero-order valence-corrected chi connectivity index (χ0v) is 17.9. The van der Waals surface area contributed by atoms with Crippen molar-refractivity contribution in [1.82, 2.24) is 19.1 Å². The molecule has 0 unspecified atom stereocenters. The fourth-order valence-corrected chi connectivity index (χ4v) is 4.33. The number of hydrogen-bond donors (Lipinski definition) is 1. The van der Waals surface area contributed by atoms with Gasteiger partial charge in [0, 0.05) is 25.3 Å². The number of primary amides is 1. The summed E-state index contributed by atoms with van der Waals surface area (Å²) in [4.78, 5) is 11.4. The number of sulfonamides is 1. The van der Waals surface area contributed by atoms with Crippen LogP contribution in [0.25, 0.3) is 17.1 Å². The average Bonchev–Trinajstić information content (AvgIpc) is 3.10. The molecule has 0 spiro atoms. The number of rotatable bonds is 7. The van der Waals surface area contributed by atoms with Crippen LogP contribution >= 0.6 is 11.8 Å². The van der Waals surface area contributed by atoms with Gasteiger partial charge < -0.3 is 5.73 Å². The first-order chi connectivity index (χ1) is 13.7. The van der Waals surface area contributed by atoms with Gasteiger partial charge in [0.15, 0.2) is 11.0 Å². The van der Waals surface area contributed by atoms with E-state index in [-0.39, 0.29) is 10.6 Å². The van der Waals surface area contributed by atoms with E-state index in [0.717, 1.165) is 15.6 Å². The number of aryl methyl sites for hydroxylation is 1. The van der Waals surface area contributed by atoms with Gasteiger partial charge in [-0.2, -0.15) is 0 Å². The Bertz CT molecular complexity index is 1160. The molecule has 29 heavy (non-hydrogen) atoms. The van der Waals surface area contributed by atoms with Crippen molar-refractivity contribution in [3.63, 3.8) is 0 Å². The van der Waals surface area contributed by atoms with E-state index in [2.05, 4.69) is 10.2 Å². The van der Waals surface area contributed by atoms with Gasteiger partial charge in [0.25, 0.3) is 0 Å². The first-order valence-corrected chi connectivity index (χ1v) is 11.1. The van der Waals surface area contributed by atoms with Crippen LogP contribution in [-0.2, 0) is 14.8 Å². The van der Waals surface area contributed by atoms with Gasteiger partial charge in [-0.1, -0.05) is 36.0 Å². The fourth-order valence-electron chi connectivity index (χ4n) is 2.69. The molecule has 0 radical (unpaired) electrons. The molecule has 1 aromatic heterocycles. The van der Waals surface area contributed by atoms with Gasteiger partial charge >= 0.3 is 0 Å². The smallest absolute Gasteiger partial charge is 0.242 e. The summed E-state index contributed by atoms with van der Waals surface area (Å²) in [6, 6.07) is 14.3. The third kappa shape index (κ3) is 4.50. The number of thioether (sulfide) groups is 1. The van der Waals surface area contributed by atoms with Gasteiger partial charge in [-0.3, -0.25) is 9.36 Å². The zero-order chi connectivity index (χ0) is 21.2. The van der Waals surface area contributed by atoms with Crippen LogP contribution in [0.1, 0.15) is 5.56 Å². The maximum atomic E-state index is 12.5. The quantitative estimate of drug-likeness (QED) is 0.573. The first-order valence-electron chi connectivity index (χ1n) is 8.66. The van der Waals surface area contributed by atoms with Crippen molar-refractivity contribution in [1.29, 1.82) is 0 Å². The lowest BCUT2D eigenvalue weighted by Gasteiger charge is -2.13. The Morgan fingerprint density at radius 3 is 2.52 bits per heavy atom. The SMILES string of the molecule is Cc1cccc(-n2c(SCC(N)=O)nnc2-c2cccc(S(=O)(=O)N(C)C)c2)c1. The summed E-state index contributed by atoms with van der Waals surface area (Å²) in [7, 11) is -0.633. The number of nitrogens with two attached hydrogens (primary N) is 1. The predicted molar refractivity (Wildman–Crippen MR) is 112 cm³/mol. The largest absolute Gasteiger partial charge is 0.369 e. The zero-order valence-electron chi connectivity index (χ0n) is 16.2. The third-order valence-corrected chi connectivity index (χ3v) is 6.87. The van der Waals surface area contributed by atoms with Gasteiger partial charge in [0.2, 0.25) is 15.9 Å². The van der Waals surface area contributed by atoms with E-state index < -0.39 is 15.9 Å². The lowest BCUT2D eigenvalue weighted by molar-refractivity contribution is -0.115. The van der Waals surface area contributed by atoms with Crippen LogP contribution in [0.4, 0.5) is 0 Å². The normalized spacial score (nSPS) is 11.7. The molecule has 0 fully saturated rings. The molecule has 152 valence electrons. The summed E-state index contributed by atoms with van der Waals surface area (Å²) in [5, 5.41) is 8.97. The molecule has 8 nitrogen and oxygen atoms in total. The number of carbonyl (C=O) groups is 1. The molecular formula is C19H21N5O3S2. The van der Waals surface area contributed by atoms with Crippen LogP contribution < -0.4 is 5.73 Å². The minimum atomic E-state index is -3.60. The summed E-state index contributed by atoms with van der Waals surface area (Å²) >= 11 is 1.17. The van der Waals surface area contributed by atoms with E-state index in [1.54, 1.807) is 22.8 Å². The highest BCUT2D eigenvalue weighted by Gasteiger charge is 2.21. The van der Waals surface area contributed by atoms with Crippen LogP contribution in [-0.4, -0.2) is 53.2 Å². The molecule has 1 amide bonds. The lowest BCUT2D eigenvalue weighted by Crippen LogP contribution is -2.22. The van der Waals surface area contributed by atoms with Crippen molar-refractivity contribution in [3.05, 3.63) is 54.1 Å². The van der Waals surface area contributed by atoms with E-state index >= 15 is 0 Å². The van der Waals surface area contributed by atoms with Gasteiger partial charge in [-0.15, -0.1) is 10.2 Å². The second-order valence-corrected chi connectivity index (χ2v) is 9.65. The van der Waals surface area contributed by atoms with E-state index in [9.17, 15) is 13.2 Å². The number of benzene rings is 2. The molecule has 0 aliphatic carbocycles. The summed E-state index contributed by atoms with van der Waals surface area (Å²) in [5.74, 6) is 0.0618. The minimum absolute atomic E-state index is 0.0546. The van der Waals surface area contributed by atoms with Crippen molar-refractivity contribution in [3.8, 4) is 17.1 Å². The number of amides is 1. The molecule has 3 rings (SSSR count). The van der Waals surface area contributed by atoms with E-state index in [4.69, 9.17) is 5.73 Å². The molecule has 0 aliphatic rings. The molecule has 0 aliphatic heterocycles. The van der Waals surface area contributed by atoms with E-state index in [1.807, 2.05) is 31.2 Å². The number of hydrogen-bond acceptors (Lipinski definition) is 6. The predicted octanol–water partition coefficient (Wildman–Crippen LogP) is 2.07. The van der Waals surface area contributed by atoms with Crippen LogP contribution in [0.3, 0.4) is 0 Å². The van der Waals surface area contributed by atoms with Crippen LogP contribution in [0.2, 0.25) is 0 Å². The second kappa shape index (κ2) is 8.36. The minimum Gasteiger partial charge on any atom is -0.369 e. The lowest BCUT2D eigenvalue weighted by atomic mass is 10.2. The molecule has 0 atom stereocenters. The highest BCUT2D eigenvalue weighted by Crippen LogP contribution is 2.29. The Hall–Kier alpha value is -2.69. The van der Waals surface area contributed by atoms with Crippen LogP contribution in [0, 0.1) is 6.92 Å². The molecule has 1 heterocycles. The van der Waals surface area contributed by atoms with Gasteiger partial charge in [0.05, 0.1) is 10.6 Å².